The summed E-state index contributed by atoms with van der Waals surface area (Å²) in [6, 6.07) is 4.98. The molecule has 1 N–H and O–H groups in total. The van der Waals surface area contributed by atoms with E-state index in [2.05, 4.69) is 18.3 Å². The van der Waals surface area contributed by atoms with Gasteiger partial charge in [0.1, 0.15) is 11.8 Å². The van der Waals surface area contributed by atoms with E-state index in [9.17, 15) is 0 Å². The molecule has 0 unspecified atom stereocenters. The zero-order chi connectivity index (χ0) is 14.8. The Morgan fingerprint density at radius 1 is 1.24 bits per heavy atom. The molecule has 3 nitrogen and oxygen atoms in total. The topological polar surface area (TPSA) is 40.8 Å². The van der Waals surface area contributed by atoms with Gasteiger partial charge in [0.2, 0.25) is 0 Å². The van der Waals surface area contributed by atoms with Gasteiger partial charge in [0, 0.05) is 25.3 Å². The van der Waals surface area contributed by atoms with Gasteiger partial charge in [-0.05, 0) is 49.7 Å². The summed E-state index contributed by atoms with van der Waals surface area (Å²) in [7, 11) is 1.98. The quantitative estimate of drug-likeness (QED) is 0.921. The summed E-state index contributed by atoms with van der Waals surface area (Å²) in [6.45, 7) is 3.01. The van der Waals surface area contributed by atoms with E-state index in [0.717, 1.165) is 24.1 Å². The zero-order valence-electron chi connectivity index (χ0n) is 13.4. The number of aromatic nitrogens is 1. The summed E-state index contributed by atoms with van der Waals surface area (Å²) in [4.78, 5) is 0. The number of hydrogen-bond donors (Lipinski definition) is 1. The van der Waals surface area contributed by atoms with Gasteiger partial charge in [-0.15, -0.1) is 0 Å². The Balaban J connectivity index is 1.57. The van der Waals surface area contributed by atoms with Gasteiger partial charge in [-0.3, -0.25) is 0 Å². The van der Waals surface area contributed by atoms with Crippen molar-refractivity contribution >= 4 is 0 Å². The molecule has 0 radical (unpaired) electrons. The van der Waals surface area contributed by atoms with Crippen molar-refractivity contribution in [3.63, 3.8) is 0 Å². The summed E-state index contributed by atoms with van der Waals surface area (Å²) in [5, 5.41) is 12.9. The second kappa shape index (κ2) is 6.23. The molecular weight excluding hydrogens is 258 g/mol. The normalized spacial score (nSPS) is 28.9. The summed E-state index contributed by atoms with van der Waals surface area (Å²) >= 11 is 0. The molecule has 21 heavy (non-hydrogen) atoms. The molecule has 1 aromatic heterocycles. The van der Waals surface area contributed by atoms with Crippen molar-refractivity contribution in [2.24, 2.45) is 18.9 Å². The van der Waals surface area contributed by atoms with Crippen LogP contribution in [0.1, 0.15) is 61.9 Å². The monoisotopic (exact) mass is 285 g/mol. The molecule has 2 aliphatic carbocycles. The molecule has 3 rings (SSSR count). The van der Waals surface area contributed by atoms with Crippen molar-refractivity contribution in [1.29, 1.82) is 5.26 Å². The Labute approximate surface area is 128 Å². The van der Waals surface area contributed by atoms with Gasteiger partial charge in [0.15, 0.2) is 0 Å². The highest BCUT2D eigenvalue weighted by atomic mass is 15.0. The maximum atomic E-state index is 9.11. The standard InChI is InChI=1S/C18H27N3/c1-13-16(10-18(11-19)21(13)2)12-20-17-8-7-14-5-3-4-6-15(14)9-17/h10,14-15,17,20H,3-9,12H2,1-2H3/t14-,15+,17+/m0/s1. The first kappa shape index (κ1) is 14.7. The maximum Gasteiger partial charge on any atom is 0.120 e. The highest BCUT2D eigenvalue weighted by molar-refractivity contribution is 5.34. The molecule has 0 saturated heterocycles. The van der Waals surface area contributed by atoms with Crippen molar-refractivity contribution in [2.45, 2.75) is 64.5 Å². The van der Waals surface area contributed by atoms with Gasteiger partial charge in [0.25, 0.3) is 0 Å². The fourth-order valence-corrected chi connectivity index (χ4v) is 4.36. The molecule has 0 amide bonds. The van der Waals surface area contributed by atoms with Gasteiger partial charge in [-0.2, -0.15) is 5.26 Å². The van der Waals surface area contributed by atoms with Crippen molar-refractivity contribution in [1.82, 2.24) is 9.88 Å². The second-order valence-corrected chi connectivity index (χ2v) is 7.01. The summed E-state index contributed by atoms with van der Waals surface area (Å²) in [6.07, 6.45) is 9.93. The van der Waals surface area contributed by atoms with Crippen LogP contribution < -0.4 is 5.32 Å². The lowest BCUT2D eigenvalue weighted by Gasteiger charge is -2.39. The van der Waals surface area contributed by atoms with E-state index >= 15 is 0 Å². The molecule has 3 atom stereocenters. The SMILES string of the molecule is Cc1c(CN[C@@H]2CC[C@@H]3CCCC[C@@H]3C2)cc(C#N)n1C. The smallest absolute Gasteiger partial charge is 0.120 e. The fourth-order valence-electron chi connectivity index (χ4n) is 4.36. The van der Waals surface area contributed by atoms with Gasteiger partial charge < -0.3 is 9.88 Å². The molecule has 0 aromatic carbocycles. The minimum atomic E-state index is 0.675. The van der Waals surface area contributed by atoms with Gasteiger partial charge in [-0.1, -0.05) is 25.7 Å². The van der Waals surface area contributed by atoms with Gasteiger partial charge in [-0.25, -0.2) is 0 Å². The number of nitrogens with one attached hydrogen (secondary N) is 1. The Bertz CT molecular complexity index is 537. The molecule has 3 heteroatoms. The number of hydrogen-bond acceptors (Lipinski definition) is 2. The van der Waals surface area contributed by atoms with Crippen LogP contribution in [0, 0.1) is 30.1 Å². The average Bonchev–Trinajstić information content (AvgIpc) is 2.80. The third-order valence-corrected chi connectivity index (χ3v) is 5.88. The van der Waals surface area contributed by atoms with E-state index in [1.165, 1.54) is 56.2 Å². The Morgan fingerprint density at radius 2 is 2.00 bits per heavy atom. The van der Waals surface area contributed by atoms with E-state index in [4.69, 9.17) is 5.26 Å². The third kappa shape index (κ3) is 3.01. The second-order valence-electron chi connectivity index (χ2n) is 7.01. The number of fused-ring (bicyclic) bond motifs is 1. The van der Waals surface area contributed by atoms with Gasteiger partial charge in [0.05, 0.1) is 0 Å². The highest BCUT2D eigenvalue weighted by Crippen LogP contribution is 2.40. The van der Waals surface area contributed by atoms with Crippen LogP contribution in [0.5, 0.6) is 0 Å². The highest BCUT2D eigenvalue weighted by Gasteiger charge is 2.31. The molecule has 0 bridgehead atoms. The number of rotatable bonds is 3. The summed E-state index contributed by atoms with van der Waals surface area (Å²) < 4.78 is 2.00. The first-order valence-corrected chi connectivity index (χ1v) is 8.47. The van der Waals surface area contributed by atoms with Crippen LogP contribution in [0.2, 0.25) is 0 Å². The molecule has 2 saturated carbocycles. The first-order valence-electron chi connectivity index (χ1n) is 8.47. The largest absolute Gasteiger partial charge is 0.340 e. The Morgan fingerprint density at radius 3 is 2.71 bits per heavy atom. The van der Waals surface area contributed by atoms with E-state index in [0.29, 0.717) is 6.04 Å². The molecule has 2 fully saturated rings. The lowest BCUT2D eigenvalue weighted by Crippen LogP contribution is -2.38. The van der Waals surface area contributed by atoms with E-state index in [1.54, 1.807) is 0 Å². The van der Waals surface area contributed by atoms with Crippen LogP contribution in [0.3, 0.4) is 0 Å². The van der Waals surface area contributed by atoms with Crippen LogP contribution >= 0.6 is 0 Å². The van der Waals surface area contributed by atoms with Crippen LogP contribution in [-0.4, -0.2) is 10.6 Å². The predicted octanol–water partition coefficient (Wildman–Crippen LogP) is 3.65. The number of nitriles is 1. The molecule has 114 valence electrons. The van der Waals surface area contributed by atoms with Crippen molar-refractivity contribution in [2.75, 3.05) is 0 Å². The lowest BCUT2D eigenvalue weighted by molar-refractivity contribution is 0.143. The number of nitrogens with zero attached hydrogens (tertiary/aromatic N) is 2. The molecule has 1 aromatic rings. The molecule has 0 spiro atoms. The van der Waals surface area contributed by atoms with Gasteiger partial charge >= 0.3 is 0 Å². The Kier molecular flexibility index (Phi) is 4.35. The van der Waals surface area contributed by atoms with Crippen LogP contribution in [-0.2, 0) is 13.6 Å². The first-order chi connectivity index (χ1) is 10.2. The summed E-state index contributed by atoms with van der Waals surface area (Å²) in [5.74, 6) is 1.98. The predicted molar refractivity (Wildman–Crippen MR) is 84.8 cm³/mol. The zero-order valence-corrected chi connectivity index (χ0v) is 13.4. The van der Waals surface area contributed by atoms with Crippen molar-refractivity contribution < 1.29 is 0 Å². The van der Waals surface area contributed by atoms with E-state index in [1.807, 2.05) is 17.7 Å². The lowest BCUT2D eigenvalue weighted by atomic mass is 9.69. The van der Waals surface area contributed by atoms with E-state index < -0.39 is 0 Å². The fraction of sp³-hybridized carbons (Fsp3) is 0.722. The maximum absolute atomic E-state index is 9.11. The average molecular weight is 285 g/mol. The minimum absolute atomic E-state index is 0.675. The van der Waals surface area contributed by atoms with E-state index in [-0.39, 0.29) is 0 Å². The van der Waals surface area contributed by atoms with Crippen LogP contribution in [0.4, 0.5) is 0 Å². The Hall–Kier alpha value is -1.27. The van der Waals surface area contributed by atoms with Crippen molar-refractivity contribution in [3.05, 3.63) is 23.0 Å². The molecular formula is C18H27N3. The summed E-state index contributed by atoms with van der Waals surface area (Å²) in [5.41, 5.74) is 3.26. The minimum Gasteiger partial charge on any atom is -0.340 e. The molecule has 0 aliphatic heterocycles. The third-order valence-electron chi connectivity index (χ3n) is 5.88. The van der Waals surface area contributed by atoms with Crippen LogP contribution in [0.15, 0.2) is 6.07 Å². The molecule has 1 heterocycles. The van der Waals surface area contributed by atoms with Crippen molar-refractivity contribution in [3.8, 4) is 6.07 Å². The molecule has 2 aliphatic rings. The van der Waals surface area contributed by atoms with Crippen LogP contribution in [0.25, 0.3) is 0 Å².